The van der Waals surface area contributed by atoms with Gasteiger partial charge in [0.15, 0.2) is 5.72 Å². The van der Waals surface area contributed by atoms with E-state index in [0.29, 0.717) is 21.7 Å². The molecule has 0 aromatic heterocycles. The second kappa shape index (κ2) is 4.08. The molecule has 0 fully saturated rings. The number of amides is 1. The molecule has 3 rings (SSSR count). The fourth-order valence-electron chi connectivity index (χ4n) is 2.51. The van der Waals surface area contributed by atoms with Gasteiger partial charge in [-0.05, 0) is 18.2 Å². The zero-order chi connectivity index (χ0) is 13.6. The van der Waals surface area contributed by atoms with Gasteiger partial charge in [-0.1, -0.05) is 41.9 Å². The number of nitrogens with zero attached hydrogens (tertiary/aromatic N) is 1. The van der Waals surface area contributed by atoms with Crippen LogP contribution in [-0.2, 0) is 5.72 Å². The summed E-state index contributed by atoms with van der Waals surface area (Å²) in [6.45, 7) is 0. The van der Waals surface area contributed by atoms with Gasteiger partial charge in [-0.2, -0.15) is 0 Å². The fraction of sp³-hybridized carbons (Fsp3) is 0.133. The molecule has 0 saturated heterocycles. The average Bonchev–Trinajstić information content (AvgIpc) is 2.63. The number of aliphatic hydroxyl groups is 1. The van der Waals surface area contributed by atoms with Crippen LogP contribution in [0.25, 0.3) is 0 Å². The normalized spacial score (nSPS) is 21.6. The maximum atomic E-state index is 12.2. The summed E-state index contributed by atoms with van der Waals surface area (Å²) in [5, 5.41) is 11.6. The first-order chi connectivity index (χ1) is 9.05. The fourth-order valence-corrected chi connectivity index (χ4v) is 2.64. The Morgan fingerprint density at radius 2 is 1.74 bits per heavy atom. The third-order valence-corrected chi connectivity index (χ3v) is 3.82. The predicted molar refractivity (Wildman–Crippen MR) is 73.0 cm³/mol. The molecule has 3 nitrogen and oxygen atoms in total. The average molecular weight is 274 g/mol. The van der Waals surface area contributed by atoms with Gasteiger partial charge >= 0.3 is 0 Å². The van der Waals surface area contributed by atoms with Crippen molar-refractivity contribution in [2.45, 2.75) is 5.72 Å². The van der Waals surface area contributed by atoms with Crippen molar-refractivity contribution in [1.82, 2.24) is 4.90 Å². The molecule has 1 heterocycles. The second-order valence-electron chi connectivity index (χ2n) is 4.59. The summed E-state index contributed by atoms with van der Waals surface area (Å²) >= 11 is 5.87. The highest BCUT2D eigenvalue weighted by Crippen LogP contribution is 2.41. The first-order valence-electron chi connectivity index (χ1n) is 5.91. The summed E-state index contributed by atoms with van der Waals surface area (Å²) < 4.78 is 0. The van der Waals surface area contributed by atoms with E-state index in [9.17, 15) is 9.90 Å². The van der Waals surface area contributed by atoms with Crippen LogP contribution < -0.4 is 0 Å². The van der Waals surface area contributed by atoms with Crippen molar-refractivity contribution in [2.24, 2.45) is 0 Å². The molecular weight excluding hydrogens is 262 g/mol. The van der Waals surface area contributed by atoms with Crippen molar-refractivity contribution in [3.8, 4) is 0 Å². The van der Waals surface area contributed by atoms with E-state index < -0.39 is 5.72 Å². The lowest BCUT2D eigenvalue weighted by Gasteiger charge is -2.31. The van der Waals surface area contributed by atoms with Crippen molar-refractivity contribution in [3.63, 3.8) is 0 Å². The molecule has 0 aliphatic carbocycles. The second-order valence-corrected chi connectivity index (χ2v) is 5.03. The Morgan fingerprint density at radius 3 is 2.42 bits per heavy atom. The van der Waals surface area contributed by atoms with Gasteiger partial charge in [0.25, 0.3) is 5.91 Å². The van der Waals surface area contributed by atoms with E-state index >= 15 is 0 Å². The quantitative estimate of drug-likeness (QED) is 0.868. The third kappa shape index (κ3) is 1.59. The van der Waals surface area contributed by atoms with Gasteiger partial charge in [-0.25, -0.2) is 0 Å². The highest BCUT2D eigenvalue weighted by molar-refractivity contribution is 6.30. The summed E-state index contributed by atoms with van der Waals surface area (Å²) in [4.78, 5) is 13.5. The van der Waals surface area contributed by atoms with E-state index in [-0.39, 0.29) is 5.91 Å². The molecular formula is C15H12ClNO2. The zero-order valence-corrected chi connectivity index (χ0v) is 11.1. The van der Waals surface area contributed by atoms with Crippen molar-refractivity contribution < 1.29 is 9.90 Å². The van der Waals surface area contributed by atoms with Crippen LogP contribution in [-0.4, -0.2) is 23.0 Å². The Bertz CT molecular complexity index is 653. The lowest BCUT2D eigenvalue weighted by molar-refractivity contribution is -0.0369. The van der Waals surface area contributed by atoms with Crippen LogP contribution in [0.2, 0.25) is 5.02 Å². The standard InChI is InChI=1S/C15H12ClNO2/c1-17-14(18)12-4-2-3-5-13(12)15(17,19)10-6-8-11(16)9-7-10/h2-9,19H,1H3/t15-/m1/s1. The Hall–Kier alpha value is -1.84. The van der Waals surface area contributed by atoms with E-state index in [2.05, 4.69) is 0 Å². The Kier molecular flexibility index (Phi) is 2.62. The third-order valence-electron chi connectivity index (χ3n) is 3.57. The van der Waals surface area contributed by atoms with Crippen LogP contribution >= 0.6 is 11.6 Å². The molecule has 0 spiro atoms. The van der Waals surface area contributed by atoms with E-state index in [0.717, 1.165) is 0 Å². The van der Waals surface area contributed by atoms with E-state index in [4.69, 9.17) is 11.6 Å². The molecule has 1 aliphatic rings. The van der Waals surface area contributed by atoms with Crippen molar-refractivity contribution >= 4 is 17.5 Å². The van der Waals surface area contributed by atoms with Crippen molar-refractivity contribution in [1.29, 1.82) is 0 Å². The number of rotatable bonds is 1. The van der Waals surface area contributed by atoms with Crippen LogP contribution in [0.5, 0.6) is 0 Å². The lowest BCUT2D eigenvalue weighted by atomic mass is 9.94. The first kappa shape index (κ1) is 12.2. The lowest BCUT2D eigenvalue weighted by Crippen LogP contribution is -2.41. The van der Waals surface area contributed by atoms with Crippen molar-refractivity contribution in [3.05, 3.63) is 70.2 Å². The Balaban J connectivity index is 2.23. The van der Waals surface area contributed by atoms with Gasteiger partial charge in [-0.15, -0.1) is 0 Å². The molecule has 19 heavy (non-hydrogen) atoms. The van der Waals surface area contributed by atoms with Crippen LogP contribution in [0.1, 0.15) is 21.5 Å². The molecule has 2 aromatic carbocycles. The molecule has 0 unspecified atom stereocenters. The summed E-state index contributed by atoms with van der Waals surface area (Å²) in [6.07, 6.45) is 0. The van der Waals surface area contributed by atoms with Gasteiger partial charge in [0, 0.05) is 28.8 Å². The molecule has 2 aromatic rings. The van der Waals surface area contributed by atoms with Crippen LogP contribution in [0, 0.1) is 0 Å². The van der Waals surface area contributed by atoms with E-state index in [1.807, 2.05) is 6.07 Å². The molecule has 1 N–H and O–H groups in total. The highest BCUT2D eigenvalue weighted by Gasteiger charge is 2.47. The Labute approximate surface area is 116 Å². The molecule has 0 saturated carbocycles. The van der Waals surface area contributed by atoms with Crippen LogP contribution in [0.3, 0.4) is 0 Å². The van der Waals surface area contributed by atoms with Gasteiger partial charge in [0.2, 0.25) is 0 Å². The number of hydrogen-bond donors (Lipinski definition) is 1. The SMILES string of the molecule is CN1C(=O)c2ccccc2[C@]1(O)c1ccc(Cl)cc1. The molecule has 1 amide bonds. The summed E-state index contributed by atoms with van der Waals surface area (Å²) in [5.41, 5.74) is 0.322. The smallest absolute Gasteiger partial charge is 0.256 e. The minimum absolute atomic E-state index is 0.187. The van der Waals surface area contributed by atoms with Gasteiger partial charge < -0.3 is 10.0 Å². The minimum Gasteiger partial charge on any atom is -0.363 e. The van der Waals surface area contributed by atoms with Gasteiger partial charge in [0.1, 0.15) is 0 Å². The molecule has 96 valence electrons. The highest BCUT2D eigenvalue weighted by atomic mass is 35.5. The summed E-state index contributed by atoms with van der Waals surface area (Å²) in [6, 6.07) is 14.0. The number of hydrogen-bond acceptors (Lipinski definition) is 2. The summed E-state index contributed by atoms with van der Waals surface area (Å²) in [5.74, 6) is -0.187. The van der Waals surface area contributed by atoms with Crippen LogP contribution in [0.4, 0.5) is 0 Å². The topological polar surface area (TPSA) is 40.5 Å². The van der Waals surface area contributed by atoms with Gasteiger partial charge in [0.05, 0.1) is 0 Å². The Morgan fingerprint density at radius 1 is 1.11 bits per heavy atom. The monoisotopic (exact) mass is 273 g/mol. The zero-order valence-electron chi connectivity index (χ0n) is 10.3. The predicted octanol–water partition coefficient (Wildman–Crippen LogP) is 2.62. The maximum Gasteiger partial charge on any atom is 0.256 e. The molecule has 1 aliphatic heterocycles. The summed E-state index contributed by atoms with van der Waals surface area (Å²) in [7, 11) is 1.59. The number of benzene rings is 2. The molecule has 0 bridgehead atoms. The number of carbonyl (C=O) groups excluding carboxylic acids is 1. The van der Waals surface area contributed by atoms with Gasteiger partial charge in [-0.3, -0.25) is 4.79 Å². The molecule has 1 atom stereocenters. The number of fused-ring (bicyclic) bond motifs is 1. The number of carbonyl (C=O) groups is 1. The van der Waals surface area contributed by atoms with E-state index in [1.54, 1.807) is 49.5 Å². The maximum absolute atomic E-state index is 12.2. The molecule has 4 heteroatoms. The minimum atomic E-state index is -1.43. The molecule has 0 radical (unpaired) electrons. The van der Waals surface area contributed by atoms with Crippen LogP contribution in [0.15, 0.2) is 48.5 Å². The number of halogens is 1. The van der Waals surface area contributed by atoms with Crippen molar-refractivity contribution in [2.75, 3.05) is 7.05 Å². The first-order valence-corrected chi connectivity index (χ1v) is 6.29. The van der Waals surface area contributed by atoms with E-state index in [1.165, 1.54) is 4.90 Å². The largest absolute Gasteiger partial charge is 0.363 e.